The molecule has 1 aromatic rings. The van der Waals surface area contributed by atoms with Crippen LogP contribution in [0.3, 0.4) is 0 Å². The molecule has 0 saturated heterocycles. The number of hydrogen-bond acceptors (Lipinski definition) is 3. The summed E-state index contributed by atoms with van der Waals surface area (Å²) in [5, 5.41) is 15.9. The topological polar surface area (TPSA) is 78.4 Å². The van der Waals surface area contributed by atoms with E-state index in [1.807, 2.05) is 0 Å². The van der Waals surface area contributed by atoms with Gasteiger partial charge in [0.2, 0.25) is 5.91 Å². The van der Waals surface area contributed by atoms with E-state index in [0.717, 1.165) is 19.3 Å². The highest BCUT2D eigenvalue weighted by Gasteiger charge is 2.29. The highest BCUT2D eigenvalue weighted by atomic mass is 16.3. The van der Waals surface area contributed by atoms with E-state index >= 15 is 0 Å². The first-order chi connectivity index (χ1) is 11.3. The standard InChI is InChI=1S/C19H28N2O3/c1-13(2)10-11-19(3,24)12-20-17(22)14-6-8-16(9-7-14)21-18(23)15-4-5-15/h6-9,13,15,24H,4-5,10-12H2,1-3H3,(H,20,22)(H,21,23). The van der Waals surface area contributed by atoms with Gasteiger partial charge in [-0.3, -0.25) is 9.59 Å². The van der Waals surface area contributed by atoms with Crippen LogP contribution < -0.4 is 10.6 Å². The molecule has 1 aliphatic rings. The average Bonchev–Trinajstić information content (AvgIpc) is 3.36. The van der Waals surface area contributed by atoms with Crippen molar-refractivity contribution in [1.82, 2.24) is 5.32 Å². The average molecular weight is 332 g/mol. The Balaban J connectivity index is 1.82. The van der Waals surface area contributed by atoms with Crippen LogP contribution in [0.15, 0.2) is 24.3 Å². The fourth-order valence-corrected chi connectivity index (χ4v) is 2.36. The number of aliphatic hydroxyl groups is 1. The van der Waals surface area contributed by atoms with Crippen molar-refractivity contribution in [2.24, 2.45) is 11.8 Å². The fraction of sp³-hybridized carbons (Fsp3) is 0.579. The highest BCUT2D eigenvalue weighted by molar-refractivity contribution is 5.96. The molecule has 0 aromatic heterocycles. The first kappa shape index (κ1) is 18.5. The molecule has 0 radical (unpaired) electrons. The molecule has 132 valence electrons. The van der Waals surface area contributed by atoms with Crippen LogP contribution >= 0.6 is 0 Å². The predicted molar refractivity (Wildman–Crippen MR) is 94.8 cm³/mol. The Morgan fingerprint density at radius 2 is 1.88 bits per heavy atom. The lowest BCUT2D eigenvalue weighted by molar-refractivity contribution is -0.117. The molecule has 1 unspecified atom stereocenters. The van der Waals surface area contributed by atoms with Crippen molar-refractivity contribution < 1.29 is 14.7 Å². The Kier molecular flexibility index (Phi) is 5.99. The van der Waals surface area contributed by atoms with Crippen LogP contribution in [0.2, 0.25) is 0 Å². The molecular formula is C19H28N2O3. The first-order valence-corrected chi connectivity index (χ1v) is 8.68. The van der Waals surface area contributed by atoms with E-state index in [0.29, 0.717) is 23.6 Å². The molecule has 5 heteroatoms. The number of carbonyl (C=O) groups is 2. The molecule has 1 aromatic carbocycles. The monoisotopic (exact) mass is 332 g/mol. The molecule has 0 heterocycles. The molecule has 1 aliphatic carbocycles. The van der Waals surface area contributed by atoms with Crippen LogP contribution in [0.25, 0.3) is 0 Å². The summed E-state index contributed by atoms with van der Waals surface area (Å²) < 4.78 is 0. The number of amides is 2. The van der Waals surface area contributed by atoms with Gasteiger partial charge in [-0.15, -0.1) is 0 Å². The summed E-state index contributed by atoms with van der Waals surface area (Å²) in [6.45, 7) is 6.18. The minimum absolute atomic E-state index is 0.0494. The van der Waals surface area contributed by atoms with E-state index in [9.17, 15) is 14.7 Å². The minimum Gasteiger partial charge on any atom is -0.388 e. The van der Waals surface area contributed by atoms with Crippen molar-refractivity contribution in [2.45, 2.75) is 52.1 Å². The van der Waals surface area contributed by atoms with Crippen molar-refractivity contribution in [3.8, 4) is 0 Å². The summed E-state index contributed by atoms with van der Waals surface area (Å²) in [4.78, 5) is 23.9. The van der Waals surface area contributed by atoms with E-state index in [2.05, 4.69) is 24.5 Å². The molecule has 1 saturated carbocycles. The number of nitrogens with one attached hydrogen (secondary N) is 2. The number of benzene rings is 1. The second-order valence-corrected chi connectivity index (χ2v) is 7.45. The van der Waals surface area contributed by atoms with Crippen LogP contribution in [0, 0.1) is 11.8 Å². The van der Waals surface area contributed by atoms with E-state index in [1.54, 1.807) is 31.2 Å². The third kappa shape index (κ3) is 5.96. The van der Waals surface area contributed by atoms with Gasteiger partial charge in [0.15, 0.2) is 0 Å². The molecule has 2 rings (SSSR count). The Bertz CT molecular complexity index is 575. The van der Waals surface area contributed by atoms with Crippen molar-refractivity contribution in [2.75, 3.05) is 11.9 Å². The lowest BCUT2D eigenvalue weighted by Crippen LogP contribution is -2.40. The second kappa shape index (κ2) is 7.79. The lowest BCUT2D eigenvalue weighted by atomic mass is 9.95. The van der Waals surface area contributed by atoms with E-state index in [4.69, 9.17) is 0 Å². The molecule has 1 fully saturated rings. The van der Waals surface area contributed by atoms with Gasteiger partial charge in [0, 0.05) is 23.7 Å². The van der Waals surface area contributed by atoms with Crippen LogP contribution in [0.4, 0.5) is 5.69 Å². The Labute approximate surface area is 143 Å². The van der Waals surface area contributed by atoms with Crippen molar-refractivity contribution in [1.29, 1.82) is 0 Å². The highest BCUT2D eigenvalue weighted by Crippen LogP contribution is 2.30. The summed E-state index contributed by atoms with van der Waals surface area (Å²) in [5.74, 6) is 0.500. The van der Waals surface area contributed by atoms with Gasteiger partial charge in [-0.2, -0.15) is 0 Å². The second-order valence-electron chi connectivity index (χ2n) is 7.45. The third-order valence-corrected chi connectivity index (χ3v) is 4.25. The predicted octanol–water partition coefficient (Wildman–Crippen LogP) is 2.95. The van der Waals surface area contributed by atoms with Crippen molar-refractivity contribution in [3.63, 3.8) is 0 Å². The van der Waals surface area contributed by atoms with Gasteiger partial charge in [-0.05, 0) is 62.8 Å². The van der Waals surface area contributed by atoms with E-state index in [1.165, 1.54) is 0 Å². The van der Waals surface area contributed by atoms with Crippen LogP contribution in [0.5, 0.6) is 0 Å². The van der Waals surface area contributed by atoms with Gasteiger partial charge in [0.1, 0.15) is 0 Å². The normalized spacial score (nSPS) is 16.5. The Hall–Kier alpha value is -1.88. The number of anilines is 1. The Morgan fingerprint density at radius 1 is 1.25 bits per heavy atom. The maximum atomic E-state index is 12.2. The van der Waals surface area contributed by atoms with Gasteiger partial charge in [0.25, 0.3) is 5.91 Å². The molecule has 0 aliphatic heterocycles. The van der Waals surface area contributed by atoms with Crippen molar-refractivity contribution >= 4 is 17.5 Å². The third-order valence-electron chi connectivity index (χ3n) is 4.25. The van der Waals surface area contributed by atoms with Gasteiger partial charge in [0.05, 0.1) is 5.60 Å². The summed E-state index contributed by atoms with van der Waals surface area (Å²) in [7, 11) is 0. The summed E-state index contributed by atoms with van der Waals surface area (Å²) in [6, 6.07) is 6.82. The zero-order valence-electron chi connectivity index (χ0n) is 14.8. The number of carbonyl (C=O) groups excluding carboxylic acids is 2. The zero-order chi connectivity index (χ0) is 17.7. The van der Waals surface area contributed by atoms with Gasteiger partial charge in [-0.25, -0.2) is 0 Å². The maximum absolute atomic E-state index is 12.2. The summed E-state index contributed by atoms with van der Waals surface area (Å²) >= 11 is 0. The summed E-state index contributed by atoms with van der Waals surface area (Å²) in [5.41, 5.74) is 0.310. The Morgan fingerprint density at radius 3 is 2.42 bits per heavy atom. The molecule has 5 nitrogen and oxygen atoms in total. The summed E-state index contributed by atoms with van der Waals surface area (Å²) in [6.07, 6.45) is 3.49. The fourth-order valence-electron chi connectivity index (χ4n) is 2.36. The molecule has 0 spiro atoms. The van der Waals surface area contributed by atoms with Gasteiger partial charge >= 0.3 is 0 Å². The van der Waals surface area contributed by atoms with Crippen molar-refractivity contribution in [3.05, 3.63) is 29.8 Å². The first-order valence-electron chi connectivity index (χ1n) is 8.68. The van der Waals surface area contributed by atoms with E-state index in [-0.39, 0.29) is 24.3 Å². The molecule has 2 amide bonds. The van der Waals surface area contributed by atoms with Crippen LogP contribution in [-0.4, -0.2) is 29.1 Å². The molecule has 3 N–H and O–H groups in total. The zero-order valence-corrected chi connectivity index (χ0v) is 14.8. The largest absolute Gasteiger partial charge is 0.388 e. The number of hydrogen-bond donors (Lipinski definition) is 3. The number of rotatable bonds is 8. The SMILES string of the molecule is CC(C)CCC(C)(O)CNC(=O)c1ccc(NC(=O)C2CC2)cc1. The smallest absolute Gasteiger partial charge is 0.251 e. The van der Waals surface area contributed by atoms with Gasteiger partial charge in [-0.1, -0.05) is 13.8 Å². The molecule has 0 bridgehead atoms. The maximum Gasteiger partial charge on any atom is 0.251 e. The lowest BCUT2D eigenvalue weighted by Gasteiger charge is -2.24. The minimum atomic E-state index is -0.905. The van der Waals surface area contributed by atoms with E-state index < -0.39 is 5.60 Å². The molecular weight excluding hydrogens is 304 g/mol. The molecule has 1 atom stereocenters. The quantitative estimate of drug-likeness (QED) is 0.685. The molecule has 24 heavy (non-hydrogen) atoms. The van der Waals surface area contributed by atoms with Gasteiger partial charge < -0.3 is 15.7 Å². The van der Waals surface area contributed by atoms with Crippen LogP contribution in [-0.2, 0) is 4.79 Å². The van der Waals surface area contributed by atoms with Crippen LogP contribution in [0.1, 0.15) is 56.8 Å².